The Morgan fingerprint density at radius 1 is 1.67 bits per heavy atom. The molecular weight excluding hydrogens is 112 g/mol. The van der Waals surface area contributed by atoms with E-state index in [1.807, 2.05) is 0 Å². The van der Waals surface area contributed by atoms with Gasteiger partial charge in [-0.25, -0.2) is 0 Å². The molecule has 2 heteroatoms. The largest absolute Gasteiger partial charge is 0.376 e. The van der Waals surface area contributed by atoms with E-state index in [0.29, 0.717) is 0 Å². The van der Waals surface area contributed by atoms with Gasteiger partial charge >= 0.3 is 0 Å². The second kappa shape index (κ2) is 2.87. The molecule has 0 bridgehead atoms. The molecule has 52 valence electrons. The van der Waals surface area contributed by atoms with Gasteiger partial charge in [0.2, 0.25) is 0 Å². The molecule has 0 unspecified atom stereocenters. The number of nitrogens with zero attached hydrogens (tertiary/aromatic N) is 1. The Hall–Kier alpha value is -0.500. The maximum absolute atomic E-state index is 3.31. The Kier molecular flexibility index (Phi) is 2.11. The van der Waals surface area contributed by atoms with E-state index in [0.717, 1.165) is 19.6 Å². The second-order valence-corrected chi connectivity index (χ2v) is 2.38. The van der Waals surface area contributed by atoms with Crippen LogP contribution >= 0.6 is 0 Å². The van der Waals surface area contributed by atoms with Crippen molar-refractivity contribution in [2.45, 2.75) is 6.92 Å². The summed E-state index contributed by atoms with van der Waals surface area (Å²) in [5.74, 6) is 0. The molecule has 1 fully saturated rings. The molecule has 0 aromatic carbocycles. The van der Waals surface area contributed by atoms with Gasteiger partial charge in [0.1, 0.15) is 0 Å². The van der Waals surface area contributed by atoms with Crippen LogP contribution in [0.4, 0.5) is 0 Å². The average molecular weight is 126 g/mol. The summed E-state index contributed by atoms with van der Waals surface area (Å²) in [6, 6.07) is 0. The van der Waals surface area contributed by atoms with E-state index in [9.17, 15) is 0 Å². The number of likely N-dealkylation sites (N-methyl/N-ethyl adjacent to an activating group) is 1. The number of hydrogen-bond acceptors (Lipinski definition) is 2. The Labute approximate surface area is 56.5 Å². The van der Waals surface area contributed by atoms with Crippen molar-refractivity contribution in [3.05, 3.63) is 11.8 Å². The van der Waals surface area contributed by atoms with E-state index in [1.54, 1.807) is 0 Å². The number of piperazine rings is 1. The summed E-state index contributed by atoms with van der Waals surface area (Å²) in [5.41, 5.74) is 1.40. The SMILES string of the molecule is CC=C1CNCCN1C. The van der Waals surface area contributed by atoms with Gasteiger partial charge in [-0.1, -0.05) is 6.08 Å². The van der Waals surface area contributed by atoms with E-state index in [-0.39, 0.29) is 0 Å². The number of allylic oxidation sites excluding steroid dienone is 1. The third kappa shape index (κ3) is 1.45. The zero-order valence-electron chi connectivity index (χ0n) is 6.15. The van der Waals surface area contributed by atoms with Crippen LogP contribution in [0.25, 0.3) is 0 Å². The average Bonchev–Trinajstić information content (AvgIpc) is 1.89. The maximum atomic E-state index is 3.31. The third-order valence-electron chi connectivity index (χ3n) is 1.75. The van der Waals surface area contributed by atoms with Gasteiger partial charge in [-0.15, -0.1) is 0 Å². The van der Waals surface area contributed by atoms with Gasteiger partial charge in [0.05, 0.1) is 0 Å². The van der Waals surface area contributed by atoms with E-state index in [1.165, 1.54) is 5.70 Å². The summed E-state index contributed by atoms with van der Waals surface area (Å²) in [5, 5.41) is 3.31. The van der Waals surface area contributed by atoms with Crippen LogP contribution in [0.1, 0.15) is 6.92 Å². The molecule has 0 amide bonds. The Morgan fingerprint density at radius 3 is 2.89 bits per heavy atom. The zero-order valence-corrected chi connectivity index (χ0v) is 6.15. The molecule has 0 radical (unpaired) electrons. The molecule has 1 aliphatic rings. The molecule has 9 heavy (non-hydrogen) atoms. The summed E-state index contributed by atoms with van der Waals surface area (Å²) >= 11 is 0. The quantitative estimate of drug-likeness (QED) is 0.506. The lowest BCUT2D eigenvalue weighted by Crippen LogP contribution is -2.39. The van der Waals surface area contributed by atoms with Crippen LogP contribution in [0, 0.1) is 0 Å². The van der Waals surface area contributed by atoms with Crippen LogP contribution in [-0.4, -0.2) is 31.6 Å². The minimum absolute atomic E-state index is 1.03. The van der Waals surface area contributed by atoms with E-state index < -0.39 is 0 Å². The first kappa shape index (κ1) is 6.62. The van der Waals surface area contributed by atoms with Crippen LogP contribution in [0.15, 0.2) is 11.8 Å². The normalized spacial score (nSPS) is 25.1. The topological polar surface area (TPSA) is 15.3 Å². The predicted molar refractivity (Wildman–Crippen MR) is 39.3 cm³/mol. The minimum atomic E-state index is 1.03. The van der Waals surface area contributed by atoms with E-state index >= 15 is 0 Å². The van der Waals surface area contributed by atoms with Crippen LogP contribution in [0.3, 0.4) is 0 Å². The van der Waals surface area contributed by atoms with Crippen molar-refractivity contribution >= 4 is 0 Å². The first-order chi connectivity index (χ1) is 4.34. The van der Waals surface area contributed by atoms with Crippen molar-refractivity contribution in [2.24, 2.45) is 0 Å². The highest BCUT2D eigenvalue weighted by molar-refractivity contribution is 5.03. The summed E-state index contributed by atoms with van der Waals surface area (Å²) in [7, 11) is 2.14. The predicted octanol–water partition coefficient (Wildman–Crippen LogP) is 0.425. The third-order valence-corrected chi connectivity index (χ3v) is 1.75. The van der Waals surface area contributed by atoms with Crippen molar-refractivity contribution in [3.63, 3.8) is 0 Å². The molecule has 1 heterocycles. The highest BCUT2D eigenvalue weighted by Gasteiger charge is 2.06. The summed E-state index contributed by atoms with van der Waals surface area (Å²) in [6.07, 6.45) is 2.16. The highest BCUT2D eigenvalue weighted by atomic mass is 15.2. The van der Waals surface area contributed by atoms with Gasteiger partial charge in [-0.2, -0.15) is 0 Å². The van der Waals surface area contributed by atoms with Gasteiger partial charge in [-0.3, -0.25) is 0 Å². The lowest BCUT2D eigenvalue weighted by Gasteiger charge is -2.27. The lowest BCUT2D eigenvalue weighted by molar-refractivity contribution is 0.357. The van der Waals surface area contributed by atoms with Gasteiger partial charge in [-0.05, 0) is 6.92 Å². The maximum Gasteiger partial charge on any atom is 0.0353 e. The Bertz CT molecular complexity index is 118. The van der Waals surface area contributed by atoms with Crippen LogP contribution in [0.5, 0.6) is 0 Å². The van der Waals surface area contributed by atoms with Crippen LogP contribution in [0.2, 0.25) is 0 Å². The fourth-order valence-electron chi connectivity index (χ4n) is 1.06. The lowest BCUT2D eigenvalue weighted by atomic mass is 10.3. The molecule has 0 atom stereocenters. The van der Waals surface area contributed by atoms with Crippen molar-refractivity contribution in [1.82, 2.24) is 10.2 Å². The highest BCUT2D eigenvalue weighted by Crippen LogP contribution is 2.01. The molecule has 1 saturated heterocycles. The molecule has 0 aromatic rings. The van der Waals surface area contributed by atoms with E-state index in [4.69, 9.17) is 0 Å². The Balaban J connectivity index is 2.49. The molecule has 1 N–H and O–H groups in total. The van der Waals surface area contributed by atoms with Crippen molar-refractivity contribution in [3.8, 4) is 0 Å². The first-order valence-corrected chi connectivity index (χ1v) is 3.41. The summed E-state index contributed by atoms with van der Waals surface area (Å²) in [4.78, 5) is 2.29. The van der Waals surface area contributed by atoms with Crippen molar-refractivity contribution < 1.29 is 0 Å². The van der Waals surface area contributed by atoms with Gasteiger partial charge in [0, 0.05) is 32.4 Å². The Morgan fingerprint density at radius 2 is 2.44 bits per heavy atom. The molecule has 0 aliphatic carbocycles. The molecule has 0 aromatic heterocycles. The van der Waals surface area contributed by atoms with Crippen molar-refractivity contribution in [2.75, 3.05) is 26.7 Å². The fraction of sp³-hybridized carbons (Fsp3) is 0.714. The molecule has 1 aliphatic heterocycles. The molecule has 2 nitrogen and oxygen atoms in total. The van der Waals surface area contributed by atoms with Gasteiger partial charge in [0.15, 0.2) is 0 Å². The summed E-state index contributed by atoms with van der Waals surface area (Å²) < 4.78 is 0. The molecular formula is C7H14N2. The number of rotatable bonds is 0. The standard InChI is InChI=1S/C7H14N2/c1-3-7-6-8-4-5-9(7)2/h3,8H,4-6H2,1-2H3. The van der Waals surface area contributed by atoms with E-state index in [2.05, 4.69) is 30.3 Å². The van der Waals surface area contributed by atoms with Crippen LogP contribution < -0.4 is 5.32 Å². The number of hydrogen-bond donors (Lipinski definition) is 1. The van der Waals surface area contributed by atoms with Gasteiger partial charge < -0.3 is 10.2 Å². The number of nitrogens with one attached hydrogen (secondary N) is 1. The smallest absolute Gasteiger partial charge is 0.0353 e. The zero-order chi connectivity index (χ0) is 6.69. The monoisotopic (exact) mass is 126 g/mol. The molecule has 1 rings (SSSR count). The fourth-order valence-corrected chi connectivity index (χ4v) is 1.06. The van der Waals surface area contributed by atoms with Gasteiger partial charge in [0.25, 0.3) is 0 Å². The molecule has 0 spiro atoms. The first-order valence-electron chi connectivity index (χ1n) is 3.41. The van der Waals surface area contributed by atoms with Crippen LogP contribution in [-0.2, 0) is 0 Å². The molecule has 0 saturated carbocycles. The second-order valence-electron chi connectivity index (χ2n) is 2.38. The minimum Gasteiger partial charge on any atom is -0.376 e. The summed E-state index contributed by atoms with van der Waals surface area (Å²) in [6.45, 7) is 5.37. The van der Waals surface area contributed by atoms with Crippen molar-refractivity contribution in [1.29, 1.82) is 0 Å².